The lowest BCUT2D eigenvalue weighted by molar-refractivity contribution is -0.136. The number of carbonyl (C=O) groups is 2. The van der Waals surface area contributed by atoms with Gasteiger partial charge in [0.15, 0.2) is 0 Å². The van der Waals surface area contributed by atoms with Crippen LogP contribution in [-0.2, 0) is 9.59 Å². The summed E-state index contributed by atoms with van der Waals surface area (Å²) in [6.45, 7) is 0. The van der Waals surface area contributed by atoms with Crippen molar-refractivity contribution in [3.05, 3.63) is 51.5 Å². The van der Waals surface area contributed by atoms with E-state index in [1.165, 1.54) is 26.5 Å². The van der Waals surface area contributed by atoms with Crippen LogP contribution in [0.5, 0.6) is 11.5 Å². The van der Waals surface area contributed by atoms with E-state index in [9.17, 15) is 9.59 Å². The van der Waals surface area contributed by atoms with Gasteiger partial charge in [-0.3, -0.25) is 9.59 Å². The maximum Gasteiger partial charge on any atom is 0.329 e. The molecule has 9 heteroatoms. The van der Waals surface area contributed by atoms with E-state index < -0.39 is 11.8 Å². The molecule has 0 fully saturated rings. The molecule has 0 heterocycles. The zero-order valence-electron chi connectivity index (χ0n) is 13.9. The second-order valence-electron chi connectivity index (χ2n) is 4.89. The topological polar surface area (TPSA) is 89.0 Å². The third-order valence-electron chi connectivity index (χ3n) is 3.18. The fourth-order valence-corrected chi connectivity index (χ4v) is 2.59. The molecule has 0 unspecified atom stereocenters. The quantitative estimate of drug-likeness (QED) is 0.424. The van der Waals surface area contributed by atoms with E-state index >= 15 is 0 Å². The summed E-state index contributed by atoms with van der Waals surface area (Å²) in [6, 6.07) is 9.92. The van der Waals surface area contributed by atoms with Crippen LogP contribution in [0, 0.1) is 0 Å². The Morgan fingerprint density at radius 2 is 1.77 bits per heavy atom. The van der Waals surface area contributed by atoms with E-state index in [0.29, 0.717) is 27.8 Å². The van der Waals surface area contributed by atoms with Gasteiger partial charge in [0.05, 0.1) is 25.5 Å². The lowest BCUT2D eigenvalue weighted by Crippen LogP contribution is -2.32. The number of nitrogens with one attached hydrogen (secondary N) is 2. The number of hydrogen-bond acceptors (Lipinski definition) is 5. The molecule has 0 aromatic heterocycles. The highest BCUT2D eigenvalue weighted by atomic mass is 79.9. The molecule has 0 spiro atoms. The maximum atomic E-state index is 11.9. The van der Waals surface area contributed by atoms with Crippen LogP contribution in [0.2, 0.25) is 5.02 Å². The Labute approximate surface area is 163 Å². The minimum Gasteiger partial charge on any atom is -0.496 e. The number of hydrazone groups is 1. The first-order valence-corrected chi connectivity index (χ1v) is 8.43. The molecule has 2 N–H and O–H groups in total. The van der Waals surface area contributed by atoms with E-state index in [0.717, 1.165) is 4.47 Å². The first kappa shape index (κ1) is 19.7. The van der Waals surface area contributed by atoms with Gasteiger partial charge < -0.3 is 14.8 Å². The number of carbonyl (C=O) groups excluding carboxylic acids is 2. The van der Waals surface area contributed by atoms with Crippen molar-refractivity contribution in [1.29, 1.82) is 0 Å². The molecule has 0 aliphatic carbocycles. The number of nitrogens with zero attached hydrogens (tertiary/aromatic N) is 1. The number of methoxy groups -OCH3 is 2. The molecule has 2 aromatic rings. The number of ether oxygens (including phenoxy) is 2. The van der Waals surface area contributed by atoms with Gasteiger partial charge in [0, 0.05) is 15.7 Å². The van der Waals surface area contributed by atoms with Crippen LogP contribution < -0.4 is 20.2 Å². The van der Waals surface area contributed by atoms with E-state index in [1.807, 2.05) is 6.07 Å². The molecular formula is C17H15BrClN3O4. The third kappa shape index (κ3) is 5.21. The van der Waals surface area contributed by atoms with Gasteiger partial charge in [-0.25, -0.2) is 5.43 Å². The second kappa shape index (κ2) is 9.21. The third-order valence-corrected chi connectivity index (χ3v) is 3.97. The molecule has 0 atom stereocenters. The molecule has 0 saturated heterocycles. The number of rotatable bonds is 5. The normalized spacial score (nSPS) is 10.5. The van der Waals surface area contributed by atoms with Crippen molar-refractivity contribution in [3.63, 3.8) is 0 Å². The summed E-state index contributed by atoms with van der Waals surface area (Å²) >= 11 is 9.30. The van der Waals surface area contributed by atoms with E-state index in [-0.39, 0.29) is 0 Å². The van der Waals surface area contributed by atoms with Gasteiger partial charge in [-0.05, 0) is 36.4 Å². The first-order chi connectivity index (χ1) is 12.4. The molecule has 2 aromatic carbocycles. The van der Waals surface area contributed by atoms with Gasteiger partial charge in [0.1, 0.15) is 11.5 Å². The van der Waals surface area contributed by atoms with Crippen LogP contribution in [0.25, 0.3) is 0 Å². The molecule has 136 valence electrons. The maximum absolute atomic E-state index is 11.9. The molecule has 0 radical (unpaired) electrons. The van der Waals surface area contributed by atoms with Crippen molar-refractivity contribution >= 4 is 51.2 Å². The van der Waals surface area contributed by atoms with Gasteiger partial charge in [0.25, 0.3) is 0 Å². The minimum atomic E-state index is -0.929. The number of benzene rings is 2. The van der Waals surface area contributed by atoms with Gasteiger partial charge in [-0.15, -0.1) is 0 Å². The van der Waals surface area contributed by atoms with Crippen LogP contribution in [0.15, 0.2) is 46.0 Å². The molecule has 26 heavy (non-hydrogen) atoms. The van der Waals surface area contributed by atoms with Gasteiger partial charge in [0.2, 0.25) is 0 Å². The average Bonchev–Trinajstić information content (AvgIpc) is 2.62. The fourth-order valence-electron chi connectivity index (χ4n) is 1.95. The van der Waals surface area contributed by atoms with Gasteiger partial charge in [-0.2, -0.15) is 5.10 Å². The van der Waals surface area contributed by atoms with Crippen LogP contribution in [-0.4, -0.2) is 32.2 Å². The van der Waals surface area contributed by atoms with Crippen LogP contribution in [0.1, 0.15) is 5.56 Å². The van der Waals surface area contributed by atoms with Crippen LogP contribution >= 0.6 is 27.5 Å². The Morgan fingerprint density at radius 3 is 2.42 bits per heavy atom. The van der Waals surface area contributed by atoms with E-state index in [4.69, 9.17) is 21.1 Å². The molecule has 7 nitrogen and oxygen atoms in total. The lowest BCUT2D eigenvalue weighted by atomic mass is 10.2. The van der Waals surface area contributed by atoms with Gasteiger partial charge >= 0.3 is 11.8 Å². The first-order valence-electron chi connectivity index (χ1n) is 7.26. The molecule has 0 aliphatic rings. The van der Waals surface area contributed by atoms with E-state index in [2.05, 4.69) is 31.8 Å². The van der Waals surface area contributed by atoms with Gasteiger partial charge in [-0.1, -0.05) is 27.5 Å². The summed E-state index contributed by atoms with van der Waals surface area (Å²) in [5.41, 5.74) is 3.13. The van der Waals surface area contributed by atoms with Crippen molar-refractivity contribution in [2.75, 3.05) is 19.5 Å². The summed E-state index contributed by atoms with van der Waals surface area (Å²) in [4.78, 5) is 23.7. The number of anilines is 1. The molecule has 2 rings (SSSR count). The molecule has 2 amide bonds. The summed E-state index contributed by atoms with van der Waals surface area (Å²) in [6.07, 6.45) is 1.37. The Kier molecular flexibility index (Phi) is 6.99. The Morgan fingerprint density at radius 1 is 1.08 bits per heavy atom. The monoisotopic (exact) mass is 439 g/mol. The molecular weight excluding hydrogens is 426 g/mol. The minimum absolute atomic E-state index is 0.311. The summed E-state index contributed by atoms with van der Waals surface area (Å²) in [5, 5.41) is 6.49. The highest BCUT2D eigenvalue weighted by Crippen LogP contribution is 2.27. The number of hydrogen-bond donors (Lipinski definition) is 2. The second-order valence-corrected chi connectivity index (χ2v) is 6.21. The summed E-state index contributed by atoms with van der Waals surface area (Å²) < 4.78 is 11.0. The van der Waals surface area contributed by atoms with Crippen molar-refractivity contribution in [2.24, 2.45) is 5.10 Å². The molecule has 0 aliphatic heterocycles. The highest BCUT2D eigenvalue weighted by molar-refractivity contribution is 9.10. The number of halogens is 2. The zero-order chi connectivity index (χ0) is 19.1. The predicted octanol–water partition coefficient (Wildman–Crippen LogP) is 3.21. The summed E-state index contributed by atoms with van der Waals surface area (Å²) in [7, 11) is 3.00. The SMILES string of the molecule is COc1ccc(NC(=O)C(=O)N/N=C\c2cc(Br)ccc2OC)cc1Cl. The van der Waals surface area contributed by atoms with Crippen molar-refractivity contribution in [2.45, 2.75) is 0 Å². The summed E-state index contributed by atoms with van der Waals surface area (Å²) in [5.74, 6) is -0.781. The van der Waals surface area contributed by atoms with Crippen molar-refractivity contribution < 1.29 is 19.1 Å². The van der Waals surface area contributed by atoms with E-state index in [1.54, 1.807) is 24.3 Å². The molecule has 0 bridgehead atoms. The number of amides is 2. The van der Waals surface area contributed by atoms with Crippen LogP contribution in [0.3, 0.4) is 0 Å². The molecule has 0 saturated carbocycles. The Balaban J connectivity index is 1.98. The lowest BCUT2D eigenvalue weighted by Gasteiger charge is -2.07. The zero-order valence-corrected chi connectivity index (χ0v) is 16.2. The van der Waals surface area contributed by atoms with Crippen molar-refractivity contribution in [3.8, 4) is 11.5 Å². The standard InChI is InChI=1S/C17H15BrClN3O4/c1-25-14-5-3-11(18)7-10(14)9-20-22-17(24)16(23)21-12-4-6-15(26-2)13(19)8-12/h3-9H,1-2H3,(H,21,23)(H,22,24)/b20-9-. The Hall–Kier alpha value is -2.58. The Bertz CT molecular complexity index is 858. The van der Waals surface area contributed by atoms with Crippen LogP contribution in [0.4, 0.5) is 5.69 Å². The fraction of sp³-hybridized carbons (Fsp3) is 0.118. The largest absolute Gasteiger partial charge is 0.496 e. The smallest absolute Gasteiger partial charge is 0.329 e. The van der Waals surface area contributed by atoms with Crippen molar-refractivity contribution in [1.82, 2.24) is 5.43 Å². The highest BCUT2D eigenvalue weighted by Gasteiger charge is 2.14. The average molecular weight is 441 g/mol. The predicted molar refractivity (Wildman–Crippen MR) is 103 cm³/mol.